The highest BCUT2D eigenvalue weighted by atomic mass is 32.1. The number of halogens is 1. The predicted molar refractivity (Wildman–Crippen MR) is 38.4 cm³/mol. The van der Waals surface area contributed by atoms with E-state index in [1.54, 1.807) is 12.1 Å². The van der Waals surface area contributed by atoms with Crippen molar-refractivity contribution in [2.75, 3.05) is 0 Å². The normalized spacial score (nSPS) is 10.5. The third kappa shape index (κ3) is 0.708. The molecule has 0 spiro atoms. The van der Waals surface area contributed by atoms with Crippen molar-refractivity contribution in [2.45, 2.75) is 0 Å². The molecule has 0 fully saturated rings. The summed E-state index contributed by atoms with van der Waals surface area (Å²) in [4.78, 5) is 0. The summed E-state index contributed by atoms with van der Waals surface area (Å²) < 4.78 is 17.1. The van der Waals surface area contributed by atoms with Crippen LogP contribution in [0.5, 0.6) is 0 Å². The molecule has 2 rings (SSSR count). The zero-order valence-electron chi connectivity index (χ0n) is 4.97. The quantitative estimate of drug-likeness (QED) is 0.564. The zero-order chi connectivity index (χ0) is 6.97. The molecule has 1 heterocycles. The number of hydrogen-bond donors (Lipinski definition) is 0. The summed E-state index contributed by atoms with van der Waals surface area (Å²) in [6, 6.07) is 4.87. The van der Waals surface area contributed by atoms with Crippen molar-refractivity contribution < 1.29 is 4.39 Å². The zero-order valence-corrected chi connectivity index (χ0v) is 5.78. The molecular weight excluding hydrogens is 149 g/mol. The molecule has 0 unspecified atom stereocenters. The maximum atomic E-state index is 12.8. The number of nitrogens with zero attached hydrogens (tertiary/aromatic N) is 1. The monoisotopic (exact) mass is 152 g/mol. The molecule has 1 radical (unpaired) electrons. The van der Waals surface area contributed by atoms with Crippen LogP contribution in [0.1, 0.15) is 0 Å². The fourth-order valence-electron chi connectivity index (χ4n) is 0.807. The average Bonchev–Trinajstić information content (AvgIpc) is 2.36. The van der Waals surface area contributed by atoms with Gasteiger partial charge in [-0.2, -0.15) is 4.37 Å². The van der Waals surface area contributed by atoms with E-state index >= 15 is 0 Å². The number of rotatable bonds is 0. The van der Waals surface area contributed by atoms with Crippen molar-refractivity contribution >= 4 is 21.6 Å². The average molecular weight is 152 g/mol. The van der Waals surface area contributed by atoms with Gasteiger partial charge in [0.05, 0.1) is 4.70 Å². The van der Waals surface area contributed by atoms with Crippen LogP contribution in [-0.4, -0.2) is 4.37 Å². The van der Waals surface area contributed by atoms with E-state index in [0.717, 1.165) is 16.9 Å². The van der Waals surface area contributed by atoms with E-state index < -0.39 is 0 Å². The predicted octanol–water partition coefficient (Wildman–Crippen LogP) is 2.24. The summed E-state index contributed by atoms with van der Waals surface area (Å²) in [6.45, 7) is 0. The lowest BCUT2D eigenvalue weighted by atomic mass is 10.3. The van der Waals surface area contributed by atoms with Crippen molar-refractivity contribution in [3.63, 3.8) is 0 Å². The van der Waals surface area contributed by atoms with Gasteiger partial charge >= 0.3 is 0 Å². The molecule has 0 N–H and O–H groups in total. The third-order valence-corrected chi connectivity index (χ3v) is 2.05. The second-order valence-corrected chi connectivity index (χ2v) is 2.68. The lowest BCUT2D eigenvalue weighted by molar-refractivity contribution is 0.642. The minimum Gasteiger partial charge on any atom is -0.205 e. The molecule has 1 aromatic heterocycles. The van der Waals surface area contributed by atoms with Crippen molar-refractivity contribution in [2.24, 2.45) is 0 Å². The van der Waals surface area contributed by atoms with E-state index in [2.05, 4.69) is 10.6 Å². The summed E-state index contributed by atoms with van der Waals surface area (Å²) in [5.74, 6) is -0.212. The molecule has 0 aliphatic heterocycles. The Morgan fingerprint density at radius 1 is 1.50 bits per heavy atom. The number of benzene rings is 1. The molecule has 1 aromatic carbocycles. The first-order valence-electron chi connectivity index (χ1n) is 2.79. The highest BCUT2D eigenvalue weighted by Gasteiger charge is 2.00. The van der Waals surface area contributed by atoms with Crippen molar-refractivity contribution in [1.82, 2.24) is 4.37 Å². The Morgan fingerprint density at radius 3 is 3.20 bits per heavy atom. The summed E-state index contributed by atoms with van der Waals surface area (Å²) >= 11 is 1.13. The standard InChI is InChI=1S/C7H3FNS/c8-6-3-1-2-5-4-9-10-7(5)6/h1-3H. The summed E-state index contributed by atoms with van der Waals surface area (Å²) in [5, 5.41) is 0.755. The number of hydrogen-bond acceptors (Lipinski definition) is 2. The van der Waals surface area contributed by atoms with Crippen LogP contribution >= 0.6 is 11.5 Å². The minimum absolute atomic E-state index is 0.212. The molecule has 10 heavy (non-hydrogen) atoms. The van der Waals surface area contributed by atoms with Gasteiger partial charge in [-0.3, -0.25) is 0 Å². The molecule has 1 nitrogen and oxygen atoms in total. The first-order valence-corrected chi connectivity index (χ1v) is 3.57. The molecule has 0 saturated heterocycles. The first-order chi connectivity index (χ1) is 4.88. The SMILES string of the molecule is Fc1cccc2[c]nsc12. The van der Waals surface area contributed by atoms with Crippen LogP contribution in [0.25, 0.3) is 10.1 Å². The Balaban J connectivity index is 2.95. The van der Waals surface area contributed by atoms with Crippen LogP contribution < -0.4 is 0 Å². The van der Waals surface area contributed by atoms with Gasteiger partial charge in [-0.1, -0.05) is 12.1 Å². The van der Waals surface area contributed by atoms with E-state index in [1.807, 2.05) is 0 Å². The van der Waals surface area contributed by atoms with Crippen LogP contribution in [-0.2, 0) is 0 Å². The first kappa shape index (κ1) is 5.80. The topological polar surface area (TPSA) is 12.9 Å². The molecule has 0 amide bonds. The summed E-state index contributed by atoms with van der Waals surface area (Å²) in [7, 11) is 0. The van der Waals surface area contributed by atoms with Gasteiger partial charge in [-0.25, -0.2) is 4.39 Å². The van der Waals surface area contributed by atoms with Crippen molar-refractivity contribution in [3.05, 3.63) is 30.2 Å². The van der Waals surface area contributed by atoms with Gasteiger partial charge in [-0.05, 0) is 17.6 Å². The Morgan fingerprint density at radius 2 is 2.40 bits per heavy atom. The van der Waals surface area contributed by atoms with Crippen LogP contribution in [0.3, 0.4) is 0 Å². The number of aromatic nitrogens is 1. The van der Waals surface area contributed by atoms with Gasteiger partial charge in [0, 0.05) is 5.39 Å². The maximum Gasteiger partial charge on any atom is 0.142 e. The highest BCUT2D eigenvalue weighted by molar-refractivity contribution is 7.13. The Kier molecular flexibility index (Phi) is 1.17. The summed E-state index contributed by atoms with van der Waals surface area (Å²) in [5.41, 5.74) is 0. The van der Waals surface area contributed by atoms with Crippen LogP contribution in [0.4, 0.5) is 4.39 Å². The number of fused-ring (bicyclic) bond motifs is 1. The van der Waals surface area contributed by atoms with Gasteiger partial charge in [0.15, 0.2) is 0 Å². The van der Waals surface area contributed by atoms with Crippen LogP contribution in [0.15, 0.2) is 18.2 Å². The molecular formula is C7H3FNS. The Labute approximate surface area is 61.3 Å². The fraction of sp³-hybridized carbons (Fsp3) is 0. The van der Waals surface area contributed by atoms with Gasteiger partial charge < -0.3 is 0 Å². The second-order valence-electron chi connectivity index (χ2n) is 1.91. The molecule has 0 bridgehead atoms. The fourth-order valence-corrected chi connectivity index (χ4v) is 1.41. The van der Waals surface area contributed by atoms with Gasteiger partial charge in [-0.15, -0.1) is 0 Å². The lowest BCUT2D eigenvalue weighted by Crippen LogP contribution is -1.69. The highest BCUT2D eigenvalue weighted by Crippen LogP contribution is 2.19. The lowest BCUT2D eigenvalue weighted by Gasteiger charge is -1.86. The van der Waals surface area contributed by atoms with E-state index in [-0.39, 0.29) is 5.82 Å². The maximum absolute atomic E-state index is 12.8. The van der Waals surface area contributed by atoms with E-state index in [4.69, 9.17) is 0 Å². The Bertz CT molecular complexity index is 355. The van der Waals surface area contributed by atoms with Crippen LogP contribution in [0.2, 0.25) is 0 Å². The molecule has 2 aromatic rings. The minimum atomic E-state index is -0.212. The summed E-state index contributed by atoms with van der Waals surface area (Å²) in [6.07, 6.45) is 2.69. The van der Waals surface area contributed by atoms with E-state index in [0.29, 0.717) is 4.70 Å². The molecule has 0 atom stereocenters. The molecule has 0 aliphatic carbocycles. The van der Waals surface area contributed by atoms with Crippen molar-refractivity contribution in [1.29, 1.82) is 0 Å². The largest absolute Gasteiger partial charge is 0.205 e. The Hall–Kier alpha value is -0.960. The van der Waals surface area contributed by atoms with Crippen molar-refractivity contribution in [3.8, 4) is 0 Å². The molecule has 49 valence electrons. The van der Waals surface area contributed by atoms with Gasteiger partial charge in [0.1, 0.15) is 12.0 Å². The van der Waals surface area contributed by atoms with Crippen LogP contribution in [0, 0.1) is 12.0 Å². The van der Waals surface area contributed by atoms with Gasteiger partial charge in [0.25, 0.3) is 0 Å². The molecule has 3 heteroatoms. The van der Waals surface area contributed by atoms with E-state index in [9.17, 15) is 4.39 Å². The van der Waals surface area contributed by atoms with Gasteiger partial charge in [0.2, 0.25) is 0 Å². The third-order valence-electron chi connectivity index (χ3n) is 1.27. The molecule has 0 saturated carbocycles. The molecule has 0 aliphatic rings. The smallest absolute Gasteiger partial charge is 0.142 e. The van der Waals surface area contributed by atoms with E-state index in [1.165, 1.54) is 6.07 Å². The second kappa shape index (κ2) is 2.02.